The lowest BCUT2D eigenvalue weighted by Gasteiger charge is -2.45. The highest BCUT2D eigenvalue weighted by Gasteiger charge is 2.39. The Morgan fingerprint density at radius 1 is 1.11 bits per heavy atom. The third-order valence-corrected chi connectivity index (χ3v) is 6.30. The smallest absolute Gasteiger partial charge is 0.251 e. The first-order chi connectivity index (χ1) is 17.0. The molecule has 2 heterocycles. The molecule has 1 fully saturated rings. The molecule has 1 aliphatic rings. The summed E-state index contributed by atoms with van der Waals surface area (Å²) < 4.78 is 12.1. The fourth-order valence-corrected chi connectivity index (χ4v) is 5.11. The number of nitriles is 1. The minimum atomic E-state index is -0.338. The van der Waals surface area contributed by atoms with Gasteiger partial charge in [0.15, 0.2) is 0 Å². The number of carbonyl (C=O) groups is 1. The van der Waals surface area contributed by atoms with Gasteiger partial charge in [-0.3, -0.25) is 9.59 Å². The first kappa shape index (κ1) is 25.5. The number of H-pyrrole nitrogens is 1. The fraction of sp³-hybridized carbons (Fsp3) is 0.321. The molecule has 36 heavy (non-hydrogen) atoms. The second-order valence-corrected chi connectivity index (χ2v) is 10.6. The molecule has 1 aromatic heterocycles. The van der Waals surface area contributed by atoms with Crippen LogP contribution in [0.2, 0.25) is 5.02 Å². The van der Waals surface area contributed by atoms with Gasteiger partial charge in [-0.05, 0) is 76.4 Å². The lowest BCUT2D eigenvalue weighted by atomic mass is 9.85. The number of halogens is 1. The van der Waals surface area contributed by atoms with Gasteiger partial charge in [0.2, 0.25) is 5.56 Å². The summed E-state index contributed by atoms with van der Waals surface area (Å²) in [5.74, 6) is 0.373. The molecule has 2 aromatic carbocycles. The van der Waals surface area contributed by atoms with Crippen molar-refractivity contribution in [2.24, 2.45) is 0 Å². The van der Waals surface area contributed by atoms with Gasteiger partial charge in [-0.2, -0.15) is 5.26 Å². The largest absolute Gasteiger partial charge is 0.454 e. The Labute approximate surface area is 215 Å². The molecule has 2 N–H and O–H groups in total. The van der Waals surface area contributed by atoms with E-state index < -0.39 is 0 Å². The zero-order chi connectivity index (χ0) is 26.1. The SMILES string of the molecule is CC1(C)CC(NC(=O)c2ccc(Oc3cccc(-c4cc[nH]c(=O)c4)c3C#N)c(Cl)c2)CC(C)(C)O1. The number of pyridine rings is 1. The summed E-state index contributed by atoms with van der Waals surface area (Å²) in [6.07, 6.45) is 2.94. The number of rotatable bonds is 5. The van der Waals surface area contributed by atoms with Crippen molar-refractivity contribution >= 4 is 17.5 Å². The molecule has 1 aliphatic heterocycles. The van der Waals surface area contributed by atoms with Crippen molar-refractivity contribution in [1.82, 2.24) is 10.3 Å². The number of nitrogens with one attached hydrogen (secondary N) is 2. The standard InChI is InChI=1S/C28H28ClN3O4/c1-27(2)14-19(15-28(3,4)36-27)32-26(34)18-8-9-24(22(29)12-18)35-23-7-5-6-20(21(23)16-30)17-10-11-31-25(33)13-17/h5-13,19H,14-15H2,1-4H3,(H,31,33)(H,32,34). The normalized spacial score (nSPS) is 16.7. The number of aromatic nitrogens is 1. The van der Waals surface area contributed by atoms with Crippen LogP contribution in [0, 0.1) is 11.3 Å². The molecule has 0 spiro atoms. The molecule has 4 rings (SSSR count). The summed E-state index contributed by atoms with van der Waals surface area (Å²) in [5, 5.41) is 13.2. The van der Waals surface area contributed by atoms with Gasteiger partial charge in [0, 0.05) is 29.4 Å². The molecule has 0 radical (unpaired) electrons. The van der Waals surface area contributed by atoms with E-state index in [9.17, 15) is 14.9 Å². The monoisotopic (exact) mass is 505 g/mol. The average molecular weight is 506 g/mol. The van der Waals surface area contributed by atoms with E-state index in [1.807, 2.05) is 27.7 Å². The highest BCUT2D eigenvalue weighted by molar-refractivity contribution is 6.32. The topological polar surface area (TPSA) is 104 Å². The van der Waals surface area contributed by atoms with E-state index in [1.165, 1.54) is 12.3 Å². The van der Waals surface area contributed by atoms with Crippen LogP contribution in [0.3, 0.4) is 0 Å². The third kappa shape index (κ3) is 5.78. The number of carbonyl (C=O) groups excluding carboxylic acids is 1. The molecular weight excluding hydrogens is 478 g/mol. The van der Waals surface area contributed by atoms with Crippen molar-refractivity contribution in [2.45, 2.75) is 57.8 Å². The van der Waals surface area contributed by atoms with E-state index in [0.29, 0.717) is 41.0 Å². The fourth-order valence-electron chi connectivity index (χ4n) is 4.89. The summed E-state index contributed by atoms with van der Waals surface area (Å²) >= 11 is 6.48. The van der Waals surface area contributed by atoms with Crippen LogP contribution in [-0.4, -0.2) is 28.1 Å². The molecule has 8 heteroatoms. The van der Waals surface area contributed by atoms with Crippen LogP contribution in [0.15, 0.2) is 59.5 Å². The summed E-state index contributed by atoms with van der Waals surface area (Å²) in [6.45, 7) is 8.10. The van der Waals surface area contributed by atoms with Crippen LogP contribution in [-0.2, 0) is 4.74 Å². The molecule has 0 saturated carbocycles. The molecule has 0 bridgehead atoms. The van der Waals surface area contributed by atoms with Crippen molar-refractivity contribution in [1.29, 1.82) is 5.26 Å². The van der Waals surface area contributed by atoms with Crippen LogP contribution in [0.1, 0.15) is 56.5 Å². The molecule has 186 valence electrons. The predicted octanol–water partition coefficient (Wildman–Crippen LogP) is 5.83. The molecule has 0 unspecified atom stereocenters. The van der Waals surface area contributed by atoms with Gasteiger partial charge in [-0.15, -0.1) is 0 Å². The third-order valence-electron chi connectivity index (χ3n) is 6.00. The summed E-state index contributed by atoms with van der Waals surface area (Å²) in [4.78, 5) is 27.3. The average Bonchev–Trinajstić information content (AvgIpc) is 2.78. The zero-order valence-corrected chi connectivity index (χ0v) is 21.4. The highest BCUT2D eigenvalue weighted by atomic mass is 35.5. The maximum Gasteiger partial charge on any atom is 0.251 e. The van der Waals surface area contributed by atoms with Gasteiger partial charge < -0.3 is 19.8 Å². The maximum absolute atomic E-state index is 13.0. The first-order valence-electron chi connectivity index (χ1n) is 11.7. The van der Waals surface area contributed by atoms with Crippen molar-refractivity contribution in [2.75, 3.05) is 0 Å². The maximum atomic E-state index is 13.0. The lowest BCUT2D eigenvalue weighted by Crippen LogP contribution is -2.52. The van der Waals surface area contributed by atoms with Gasteiger partial charge in [0.25, 0.3) is 5.91 Å². The lowest BCUT2D eigenvalue weighted by molar-refractivity contribution is -0.162. The number of benzene rings is 2. The van der Waals surface area contributed by atoms with Crippen LogP contribution < -0.4 is 15.6 Å². The second kappa shape index (κ2) is 9.81. The highest BCUT2D eigenvalue weighted by Crippen LogP contribution is 2.37. The molecule has 0 aliphatic carbocycles. The quantitative estimate of drug-likeness (QED) is 0.454. The Morgan fingerprint density at radius 2 is 1.83 bits per heavy atom. The number of hydrogen-bond acceptors (Lipinski definition) is 5. The molecule has 0 atom stereocenters. The summed E-state index contributed by atoms with van der Waals surface area (Å²) in [6, 6.07) is 15.2. The molecule has 3 aromatic rings. The second-order valence-electron chi connectivity index (χ2n) is 10.2. The van der Waals surface area contributed by atoms with Crippen molar-refractivity contribution in [3.05, 3.63) is 81.2 Å². The predicted molar refractivity (Wildman–Crippen MR) is 138 cm³/mol. The molecule has 7 nitrogen and oxygen atoms in total. The number of ether oxygens (including phenoxy) is 2. The summed E-state index contributed by atoms with van der Waals surface area (Å²) in [5.41, 5.74) is 0.893. The Hall–Kier alpha value is -3.60. The number of aromatic amines is 1. The van der Waals surface area contributed by atoms with Gasteiger partial charge in [0.1, 0.15) is 23.1 Å². The van der Waals surface area contributed by atoms with E-state index in [4.69, 9.17) is 21.1 Å². The molecule has 1 amide bonds. The number of nitrogens with zero attached hydrogens (tertiary/aromatic N) is 1. The minimum Gasteiger partial charge on any atom is -0.454 e. The van der Waals surface area contributed by atoms with Crippen molar-refractivity contribution in [3.8, 4) is 28.7 Å². The van der Waals surface area contributed by atoms with Gasteiger partial charge in [-0.1, -0.05) is 23.7 Å². The Bertz CT molecular complexity index is 1390. The van der Waals surface area contributed by atoms with Crippen LogP contribution in [0.4, 0.5) is 0 Å². The van der Waals surface area contributed by atoms with E-state index in [0.717, 1.165) is 0 Å². The Morgan fingerprint density at radius 3 is 2.47 bits per heavy atom. The van der Waals surface area contributed by atoms with E-state index in [2.05, 4.69) is 16.4 Å². The van der Waals surface area contributed by atoms with Crippen LogP contribution in [0.5, 0.6) is 11.5 Å². The van der Waals surface area contributed by atoms with Gasteiger partial charge in [0.05, 0.1) is 16.2 Å². The zero-order valence-electron chi connectivity index (χ0n) is 20.6. The molecular formula is C28H28ClN3O4. The van der Waals surface area contributed by atoms with E-state index in [1.54, 1.807) is 42.5 Å². The summed E-state index contributed by atoms with van der Waals surface area (Å²) in [7, 11) is 0. The van der Waals surface area contributed by atoms with Gasteiger partial charge in [-0.25, -0.2) is 0 Å². The van der Waals surface area contributed by atoms with Gasteiger partial charge >= 0.3 is 0 Å². The van der Waals surface area contributed by atoms with E-state index in [-0.39, 0.29) is 39.3 Å². The van der Waals surface area contributed by atoms with Crippen molar-refractivity contribution in [3.63, 3.8) is 0 Å². The number of amides is 1. The van der Waals surface area contributed by atoms with Crippen molar-refractivity contribution < 1.29 is 14.3 Å². The van der Waals surface area contributed by atoms with Crippen LogP contribution in [0.25, 0.3) is 11.1 Å². The molecule has 1 saturated heterocycles. The minimum absolute atomic E-state index is 0.0305. The Balaban J connectivity index is 1.54. The number of hydrogen-bond donors (Lipinski definition) is 2. The first-order valence-corrected chi connectivity index (χ1v) is 12.0. The van der Waals surface area contributed by atoms with E-state index >= 15 is 0 Å². The Kier molecular flexibility index (Phi) is 6.94. The van der Waals surface area contributed by atoms with Crippen LogP contribution >= 0.6 is 11.6 Å².